The van der Waals surface area contributed by atoms with Crippen molar-refractivity contribution >= 4 is 40.8 Å². The number of hydrogen-bond acceptors (Lipinski definition) is 8. The predicted molar refractivity (Wildman–Crippen MR) is 150 cm³/mol. The summed E-state index contributed by atoms with van der Waals surface area (Å²) in [6.07, 6.45) is 7.98. The average molecular weight is 570 g/mol. The van der Waals surface area contributed by atoms with Gasteiger partial charge in [0.25, 0.3) is 0 Å². The number of imidazole rings is 1. The molecule has 2 atom stereocenters. The molecule has 1 aliphatic heterocycles. The van der Waals surface area contributed by atoms with Gasteiger partial charge in [0.2, 0.25) is 11.8 Å². The number of nitrogens with zero attached hydrogens (tertiary/aromatic N) is 7. The molecule has 5 heterocycles. The summed E-state index contributed by atoms with van der Waals surface area (Å²) in [6, 6.07) is 6.21. The Morgan fingerprint density at radius 2 is 1.90 bits per heavy atom. The van der Waals surface area contributed by atoms with Crippen molar-refractivity contribution in [3.05, 3.63) is 71.4 Å². The van der Waals surface area contributed by atoms with Crippen molar-refractivity contribution in [2.24, 2.45) is 5.92 Å². The molecule has 12 nitrogen and oxygen atoms in total. The van der Waals surface area contributed by atoms with Gasteiger partial charge < -0.3 is 15.0 Å². The molecule has 0 aromatic carbocycles. The Kier molecular flexibility index (Phi) is 6.10. The molecular weight excluding hydrogens is 541 g/mol. The van der Waals surface area contributed by atoms with E-state index < -0.39 is 5.82 Å². The first kappa shape index (κ1) is 26.0. The number of imide groups is 1. The van der Waals surface area contributed by atoms with Gasteiger partial charge in [0, 0.05) is 43.0 Å². The van der Waals surface area contributed by atoms with Gasteiger partial charge in [0.1, 0.15) is 30.3 Å². The van der Waals surface area contributed by atoms with Crippen molar-refractivity contribution in [2.45, 2.75) is 44.6 Å². The van der Waals surface area contributed by atoms with E-state index in [0.717, 1.165) is 23.3 Å². The van der Waals surface area contributed by atoms with Crippen LogP contribution in [0.25, 0.3) is 5.65 Å². The molecule has 2 N–H and O–H groups in total. The molecule has 3 aliphatic rings. The quantitative estimate of drug-likeness (QED) is 0.307. The van der Waals surface area contributed by atoms with Crippen molar-refractivity contribution in [3.8, 4) is 0 Å². The van der Waals surface area contributed by atoms with Crippen LogP contribution in [0.15, 0.2) is 43.0 Å². The predicted octanol–water partition coefficient (Wildman–Crippen LogP) is 3.60. The number of urea groups is 1. The summed E-state index contributed by atoms with van der Waals surface area (Å²) in [4.78, 5) is 57.8. The fourth-order valence-electron chi connectivity index (χ4n) is 5.39. The molecular formula is C29H28FN9O3. The second-order valence-corrected chi connectivity index (χ2v) is 11.1. The molecule has 2 unspecified atom stereocenters. The van der Waals surface area contributed by atoms with Crippen LogP contribution >= 0.6 is 0 Å². The monoisotopic (exact) mass is 569 g/mol. The minimum absolute atomic E-state index is 0.0208. The van der Waals surface area contributed by atoms with E-state index in [1.54, 1.807) is 19.1 Å². The zero-order valence-electron chi connectivity index (χ0n) is 23.0. The topological polar surface area (TPSA) is 138 Å². The zero-order chi connectivity index (χ0) is 29.1. The van der Waals surface area contributed by atoms with Gasteiger partial charge in [-0.2, -0.15) is 0 Å². The average Bonchev–Trinajstić information content (AvgIpc) is 3.90. The minimum atomic E-state index is -0.398. The van der Waals surface area contributed by atoms with Crippen LogP contribution in [-0.2, 0) is 16.1 Å². The van der Waals surface area contributed by atoms with Gasteiger partial charge in [-0.1, -0.05) is 0 Å². The van der Waals surface area contributed by atoms with Gasteiger partial charge in [-0.05, 0) is 55.9 Å². The lowest BCUT2D eigenvalue weighted by molar-refractivity contribution is -0.124. The zero-order valence-corrected chi connectivity index (χ0v) is 23.0. The molecule has 2 saturated carbocycles. The number of halogens is 1. The van der Waals surface area contributed by atoms with E-state index in [2.05, 4.69) is 25.6 Å². The Bertz CT molecular complexity index is 1770. The Morgan fingerprint density at radius 3 is 2.67 bits per heavy atom. The maximum absolute atomic E-state index is 14.2. The number of anilines is 3. The number of fused-ring (bicyclic) bond motifs is 1. The van der Waals surface area contributed by atoms with E-state index in [1.807, 2.05) is 22.9 Å². The smallest absolute Gasteiger partial charge is 0.331 e. The summed E-state index contributed by atoms with van der Waals surface area (Å²) in [5.41, 5.74) is 4.04. The van der Waals surface area contributed by atoms with Crippen LogP contribution in [0.1, 0.15) is 53.7 Å². The Morgan fingerprint density at radius 1 is 1.10 bits per heavy atom. The highest BCUT2D eigenvalue weighted by atomic mass is 19.1. The molecule has 3 fully saturated rings. The van der Waals surface area contributed by atoms with Crippen molar-refractivity contribution in [1.82, 2.24) is 29.2 Å². The normalized spacial score (nSPS) is 20.0. The van der Waals surface area contributed by atoms with Crippen molar-refractivity contribution in [2.75, 3.05) is 29.1 Å². The molecule has 214 valence electrons. The van der Waals surface area contributed by atoms with Gasteiger partial charge in [-0.15, -0.1) is 0 Å². The minimum Gasteiger partial charge on any atom is -0.364 e. The highest BCUT2D eigenvalue weighted by Crippen LogP contribution is 2.48. The third-order valence-corrected chi connectivity index (χ3v) is 7.99. The Labute approximate surface area is 240 Å². The summed E-state index contributed by atoms with van der Waals surface area (Å²) < 4.78 is 16.1. The summed E-state index contributed by atoms with van der Waals surface area (Å²) in [5, 5.41) is 6.01. The molecule has 1 saturated heterocycles. The second-order valence-electron chi connectivity index (χ2n) is 11.1. The number of carbonyl (C=O) groups excluding carboxylic acids is 3. The van der Waals surface area contributed by atoms with Gasteiger partial charge in [0.15, 0.2) is 5.65 Å². The number of carbonyl (C=O) groups is 3. The van der Waals surface area contributed by atoms with Crippen molar-refractivity contribution < 1.29 is 18.8 Å². The summed E-state index contributed by atoms with van der Waals surface area (Å²) in [7, 11) is 1.48. The summed E-state index contributed by atoms with van der Waals surface area (Å²) >= 11 is 0. The fourth-order valence-corrected chi connectivity index (χ4v) is 5.39. The van der Waals surface area contributed by atoms with Crippen LogP contribution in [0.5, 0.6) is 0 Å². The number of aryl methyl sites for hydroxylation is 1. The Balaban J connectivity index is 1.05. The highest BCUT2D eigenvalue weighted by Gasteiger charge is 2.46. The second kappa shape index (κ2) is 9.86. The summed E-state index contributed by atoms with van der Waals surface area (Å²) in [6.45, 7) is 2.09. The third kappa shape index (κ3) is 4.80. The van der Waals surface area contributed by atoms with Gasteiger partial charge in [-0.25, -0.2) is 24.1 Å². The number of likely N-dealkylation sites (N-methyl/N-ethyl adjacent to an activating group) is 1. The maximum Gasteiger partial charge on any atom is 0.331 e. The van der Waals surface area contributed by atoms with Crippen LogP contribution in [0.4, 0.5) is 26.5 Å². The van der Waals surface area contributed by atoms with Crippen molar-refractivity contribution in [3.63, 3.8) is 0 Å². The number of rotatable bonds is 8. The standard InChI is InChI=1S/C29H28FN9O3/c1-15-3-6-21(30)26(34-15)19-8-20(19)28(41)36-24-9-23(32-14-33-24)31-10-18-12-38-11-17(16-4-5-16)7-22(27(38)35-18)39-13-25(40)37(2)29(39)42/h3,6-7,9,11-12,14,16,19-20H,4-5,8,10,13H2,1-2H3,(H2,31,32,33,36,41). The third-order valence-electron chi connectivity index (χ3n) is 7.99. The van der Waals surface area contributed by atoms with E-state index in [0.29, 0.717) is 58.9 Å². The van der Waals surface area contributed by atoms with Gasteiger partial charge in [0.05, 0.1) is 23.6 Å². The van der Waals surface area contributed by atoms with Crippen LogP contribution in [0.2, 0.25) is 0 Å². The molecule has 13 heteroatoms. The van der Waals surface area contributed by atoms with Crippen LogP contribution < -0.4 is 15.5 Å². The van der Waals surface area contributed by atoms with Crippen LogP contribution in [-0.4, -0.2) is 60.7 Å². The van der Waals surface area contributed by atoms with Gasteiger partial charge >= 0.3 is 6.03 Å². The van der Waals surface area contributed by atoms with Crippen molar-refractivity contribution in [1.29, 1.82) is 0 Å². The maximum atomic E-state index is 14.2. The number of amides is 4. The van der Waals surface area contributed by atoms with E-state index in [4.69, 9.17) is 4.98 Å². The largest absolute Gasteiger partial charge is 0.364 e. The summed E-state index contributed by atoms with van der Waals surface area (Å²) in [5.74, 6) is -0.269. The molecule has 0 radical (unpaired) electrons. The molecule has 4 aromatic heterocycles. The SMILES string of the molecule is Cc1ccc(F)c(C2CC2C(=O)Nc2cc(NCc3cn4cc(C5CC5)cc(N5CC(=O)N(C)C5=O)c4n3)ncn2)n1. The lowest BCUT2D eigenvalue weighted by atomic mass is 10.1. The fraction of sp³-hybridized carbons (Fsp3) is 0.345. The number of hydrogen-bond donors (Lipinski definition) is 2. The first-order valence-electron chi connectivity index (χ1n) is 13.8. The van der Waals surface area contributed by atoms with E-state index in [1.165, 1.54) is 24.3 Å². The van der Waals surface area contributed by atoms with E-state index >= 15 is 0 Å². The lowest BCUT2D eigenvalue weighted by Gasteiger charge is -2.17. The molecule has 4 amide bonds. The molecule has 7 rings (SSSR count). The highest BCUT2D eigenvalue weighted by molar-refractivity contribution is 6.13. The van der Waals surface area contributed by atoms with Crippen LogP contribution in [0.3, 0.4) is 0 Å². The molecule has 4 aromatic rings. The first-order valence-corrected chi connectivity index (χ1v) is 13.8. The Hall–Kier alpha value is -4.94. The molecule has 42 heavy (non-hydrogen) atoms. The lowest BCUT2D eigenvalue weighted by Crippen LogP contribution is -2.30. The van der Waals surface area contributed by atoms with E-state index in [9.17, 15) is 18.8 Å². The number of pyridine rings is 2. The number of aromatic nitrogens is 5. The number of nitrogens with one attached hydrogen (secondary N) is 2. The molecule has 0 spiro atoms. The van der Waals surface area contributed by atoms with Gasteiger partial charge in [-0.3, -0.25) is 24.4 Å². The van der Waals surface area contributed by atoms with Crippen LogP contribution in [0, 0.1) is 18.7 Å². The molecule has 2 aliphatic carbocycles. The first-order chi connectivity index (χ1) is 20.2. The molecule has 0 bridgehead atoms. The van der Waals surface area contributed by atoms with E-state index in [-0.39, 0.29) is 36.2 Å².